The summed E-state index contributed by atoms with van der Waals surface area (Å²) >= 11 is 0. The standard InChI is InChI=1S/C21H23F3N2O2/c22-21(23,24)18-10-8-16(9-11-18)14-20(27)26(28)19(15-25-12-4-5-13-25)17-6-2-1-3-7-17/h1-3,6-11,19,28H,4-5,12-15H2. The van der Waals surface area contributed by atoms with E-state index in [-0.39, 0.29) is 6.42 Å². The molecule has 150 valence electrons. The van der Waals surface area contributed by atoms with Crippen LogP contribution in [0, 0.1) is 0 Å². The highest BCUT2D eigenvalue weighted by Crippen LogP contribution is 2.29. The van der Waals surface area contributed by atoms with E-state index >= 15 is 0 Å². The number of nitrogens with zero attached hydrogens (tertiary/aromatic N) is 2. The molecule has 1 amide bonds. The van der Waals surface area contributed by atoms with E-state index in [1.54, 1.807) is 0 Å². The summed E-state index contributed by atoms with van der Waals surface area (Å²) in [6.07, 6.45) is -2.41. The van der Waals surface area contributed by atoms with Crippen molar-refractivity contribution in [2.75, 3.05) is 19.6 Å². The Balaban J connectivity index is 1.72. The zero-order valence-corrected chi connectivity index (χ0v) is 15.4. The van der Waals surface area contributed by atoms with Crippen LogP contribution >= 0.6 is 0 Å². The fraction of sp³-hybridized carbons (Fsp3) is 0.381. The lowest BCUT2D eigenvalue weighted by molar-refractivity contribution is -0.177. The molecule has 4 nitrogen and oxygen atoms in total. The van der Waals surface area contributed by atoms with Gasteiger partial charge < -0.3 is 4.90 Å². The lowest BCUT2D eigenvalue weighted by Crippen LogP contribution is -2.39. The van der Waals surface area contributed by atoms with Crippen LogP contribution in [0.2, 0.25) is 0 Å². The monoisotopic (exact) mass is 392 g/mol. The van der Waals surface area contributed by atoms with E-state index in [0.29, 0.717) is 12.1 Å². The molecule has 1 aliphatic heterocycles. The van der Waals surface area contributed by atoms with Crippen LogP contribution in [0.5, 0.6) is 0 Å². The van der Waals surface area contributed by atoms with Gasteiger partial charge in [-0.1, -0.05) is 42.5 Å². The number of benzene rings is 2. The van der Waals surface area contributed by atoms with E-state index in [1.807, 2.05) is 30.3 Å². The van der Waals surface area contributed by atoms with Crippen molar-refractivity contribution >= 4 is 5.91 Å². The van der Waals surface area contributed by atoms with Crippen LogP contribution in [-0.2, 0) is 17.4 Å². The van der Waals surface area contributed by atoms with Crippen LogP contribution in [0.4, 0.5) is 13.2 Å². The molecule has 0 saturated carbocycles. The van der Waals surface area contributed by atoms with Gasteiger partial charge in [0.25, 0.3) is 5.91 Å². The Kier molecular flexibility index (Phi) is 6.36. The Morgan fingerprint density at radius 2 is 1.64 bits per heavy atom. The van der Waals surface area contributed by atoms with Gasteiger partial charge in [0.15, 0.2) is 0 Å². The zero-order chi connectivity index (χ0) is 20.1. The highest BCUT2D eigenvalue weighted by molar-refractivity contribution is 5.78. The van der Waals surface area contributed by atoms with Gasteiger partial charge in [0, 0.05) is 6.54 Å². The molecule has 1 aliphatic rings. The summed E-state index contributed by atoms with van der Waals surface area (Å²) in [7, 11) is 0. The number of hydroxylamine groups is 2. The third kappa shape index (κ3) is 5.11. The normalized spacial score (nSPS) is 16.1. The maximum atomic E-state index is 12.7. The number of carbonyl (C=O) groups is 1. The first-order chi connectivity index (χ1) is 13.3. The molecule has 1 unspecified atom stereocenters. The number of carbonyl (C=O) groups excluding carboxylic acids is 1. The first-order valence-corrected chi connectivity index (χ1v) is 9.29. The van der Waals surface area contributed by atoms with Crippen molar-refractivity contribution in [1.82, 2.24) is 9.96 Å². The Morgan fingerprint density at radius 3 is 2.21 bits per heavy atom. The summed E-state index contributed by atoms with van der Waals surface area (Å²) in [5, 5.41) is 11.3. The average molecular weight is 392 g/mol. The van der Waals surface area contributed by atoms with Gasteiger partial charge in [0.2, 0.25) is 0 Å². The van der Waals surface area contributed by atoms with Gasteiger partial charge in [-0.15, -0.1) is 0 Å². The maximum absolute atomic E-state index is 12.7. The number of alkyl halides is 3. The van der Waals surface area contributed by atoms with Crippen molar-refractivity contribution in [3.8, 4) is 0 Å². The Labute approximate surface area is 162 Å². The third-order valence-electron chi connectivity index (χ3n) is 5.00. The Morgan fingerprint density at radius 1 is 1.04 bits per heavy atom. The summed E-state index contributed by atoms with van der Waals surface area (Å²) in [5.41, 5.74) is 0.475. The molecule has 2 aromatic carbocycles. The fourth-order valence-electron chi connectivity index (χ4n) is 3.45. The number of amides is 1. The molecular weight excluding hydrogens is 369 g/mol. The van der Waals surface area contributed by atoms with E-state index in [4.69, 9.17) is 0 Å². The van der Waals surface area contributed by atoms with Crippen molar-refractivity contribution in [2.45, 2.75) is 31.5 Å². The van der Waals surface area contributed by atoms with Gasteiger partial charge in [-0.25, -0.2) is 5.06 Å². The van der Waals surface area contributed by atoms with Crippen LogP contribution < -0.4 is 0 Å². The van der Waals surface area contributed by atoms with Crippen molar-refractivity contribution in [1.29, 1.82) is 0 Å². The third-order valence-corrected chi connectivity index (χ3v) is 5.00. The largest absolute Gasteiger partial charge is 0.416 e. The smallest absolute Gasteiger partial charge is 0.301 e. The highest BCUT2D eigenvalue weighted by Gasteiger charge is 2.30. The van der Waals surface area contributed by atoms with E-state index < -0.39 is 23.7 Å². The number of rotatable bonds is 6. The van der Waals surface area contributed by atoms with E-state index in [0.717, 1.165) is 48.7 Å². The minimum atomic E-state index is -4.42. The summed E-state index contributed by atoms with van der Waals surface area (Å²) < 4.78 is 38.0. The molecule has 1 atom stereocenters. The summed E-state index contributed by atoms with van der Waals surface area (Å²) in [6.45, 7) is 2.35. The van der Waals surface area contributed by atoms with E-state index in [9.17, 15) is 23.2 Å². The van der Waals surface area contributed by atoms with Gasteiger partial charge >= 0.3 is 6.18 Å². The molecule has 1 fully saturated rings. The number of hydrogen-bond donors (Lipinski definition) is 1. The van der Waals surface area contributed by atoms with Crippen LogP contribution in [0.15, 0.2) is 54.6 Å². The van der Waals surface area contributed by atoms with Crippen LogP contribution in [0.1, 0.15) is 35.6 Å². The van der Waals surface area contributed by atoms with Crippen molar-refractivity contribution in [2.24, 2.45) is 0 Å². The fourth-order valence-corrected chi connectivity index (χ4v) is 3.45. The van der Waals surface area contributed by atoms with Gasteiger partial charge in [-0.3, -0.25) is 10.0 Å². The van der Waals surface area contributed by atoms with E-state index in [2.05, 4.69) is 4.90 Å². The second-order valence-corrected chi connectivity index (χ2v) is 7.04. The molecule has 3 rings (SSSR count). The number of hydrogen-bond acceptors (Lipinski definition) is 3. The van der Waals surface area contributed by atoms with Gasteiger partial charge in [-0.05, 0) is 49.2 Å². The number of likely N-dealkylation sites (tertiary alicyclic amines) is 1. The predicted molar refractivity (Wildman–Crippen MR) is 98.6 cm³/mol. The second kappa shape index (κ2) is 8.75. The van der Waals surface area contributed by atoms with Crippen molar-refractivity contribution in [3.05, 3.63) is 71.3 Å². The van der Waals surface area contributed by atoms with E-state index in [1.165, 1.54) is 12.1 Å². The molecule has 0 bridgehead atoms. The first-order valence-electron chi connectivity index (χ1n) is 9.29. The number of halogens is 3. The predicted octanol–water partition coefficient (Wildman–Crippen LogP) is 4.30. The molecule has 7 heteroatoms. The first kappa shape index (κ1) is 20.4. The molecular formula is C21H23F3N2O2. The topological polar surface area (TPSA) is 43.8 Å². The summed E-state index contributed by atoms with van der Waals surface area (Å²) in [4.78, 5) is 14.8. The maximum Gasteiger partial charge on any atom is 0.416 e. The molecule has 1 N–H and O–H groups in total. The molecule has 1 heterocycles. The molecule has 1 saturated heterocycles. The van der Waals surface area contributed by atoms with Crippen LogP contribution in [0.25, 0.3) is 0 Å². The van der Waals surface area contributed by atoms with Crippen molar-refractivity contribution in [3.63, 3.8) is 0 Å². The SMILES string of the molecule is O=C(Cc1ccc(C(F)(F)F)cc1)N(O)C(CN1CCCC1)c1ccccc1. The molecule has 0 aromatic heterocycles. The van der Waals surface area contributed by atoms with Gasteiger partial charge in [-0.2, -0.15) is 13.2 Å². The minimum Gasteiger partial charge on any atom is -0.301 e. The molecule has 28 heavy (non-hydrogen) atoms. The second-order valence-electron chi connectivity index (χ2n) is 7.04. The molecule has 2 aromatic rings. The van der Waals surface area contributed by atoms with Crippen LogP contribution in [0.3, 0.4) is 0 Å². The van der Waals surface area contributed by atoms with Crippen LogP contribution in [-0.4, -0.2) is 40.7 Å². The quantitative estimate of drug-likeness (QED) is 0.589. The highest BCUT2D eigenvalue weighted by atomic mass is 19.4. The molecule has 0 aliphatic carbocycles. The average Bonchev–Trinajstić information content (AvgIpc) is 3.19. The summed E-state index contributed by atoms with van der Waals surface area (Å²) in [5.74, 6) is -0.548. The Bertz CT molecular complexity index is 772. The molecule has 0 spiro atoms. The minimum absolute atomic E-state index is 0.169. The van der Waals surface area contributed by atoms with Gasteiger partial charge in [0.05, 0.1) is 18.0 Å². The summed E-state index contributed by atoms with van der Waals surface area (Å²) in [6, 6.07) is 13.2. The van der Waals surface area contributed by atoms with Gasteiger partial charge in [0.1, 0.15) is 0 Å². The lowest BCUT2D eigenvalue weighted by atomic mass is 10.0. The molecule has 0 radical (unpaired) electrons. The van der Waals surface area contributed by atoms with Crippen molar-refractivity contribution < 1.29 is 23.2 Å². The zero-order valence-electron chi connectivity index (χ0n) is 15.4. The lowest BCUT2D eigenvalue weighted by Gasteiger charge is -2.30. The Hall–Kier alpha value is -2.38.